The van der Waals surface area contributed by atoms with Gasteiger partial charge in [0.25, 0.3) is 0 Å². The third-order valence-corrected chi connectivity index (χ3v) is 4.40. The van der Waals surface area contributed by atoms with Crippen LogP contribution < -0.4 is 5.32 Å². The molecule has 19 heavy (non-hydrogen) atoms. The topological polar surface area (TPSA) is 56.1 Å². The Kier molecular flexibility index (Phi) is 6.51. The summed E-state index contributed by atoms with van der Waals surface area (Å²) in [6.45, 7) is 7.51. The second kappa shape index (κ2) is 7.65. The van der Waals surface area contributed by atoms with Gasteiger partial charge in [0.2, 0.25) is 5.95 Å². The van der Waals surface area contributed by atoms with Crippen LogP contribution in [0, 0.1) is 6.92 Å². The average molecular weight is 287 g/mol. The van der Waals surface area contributed by atoms with Gasteiger partial charge < -0.3 is 14.6 Å². The lowest BCUT2D eigenvalue weighted by molar-refractivity contribution is 0.190. The Labute approximate surface area is 118 Å². The largest absolute Gasteiger partial charge is 0.383 e. The number of imidazole rings is 1. The second-order valence-electron chi connectivity index (χ2n) is 5.00. The smallest absolute Gasteiger partial charge is 0.203 e. The molecule has 1 heterocycles. The molecule has 0 radical (unpaired) electrons. The van der Waals surface area contributed by atoms with E-state index in [2.05, 4.69) is 21.8 Å². The van der Waals surface area contributed by atoms with Gasteiger partial charge in [-0.25, -0.2) is 4.98 Å². The molecule has 0 fully saturated rings. The average Bonchev–Trinajstić information content (AvgIpc) is 2.66. The van der Waals surface area contributed by atoms with Gasteiger partial charge in [0.05, 0.1) is 12.3 Å². The number of hydrogen-bond donors (Lipinski definition) is 1. The summed E-state index contributed by atoms with van der Waals surface area (Å²) in [7, 11) is 0.917. The van der Waals surface area contributed by atoms with Gasteiger partial charge in [0.1, 0.15) is 0 Å². The summed E-state index contributed by atoms with van der Waals surface area (Å²) in [5.74, 6) is 0.858. The number of anilines is 1. The van der Waals surface area contributed by atoms with Crippen molar-refractivity contribution in [1.82, 2.24) is 9.55 Å². The summed E-state index contributed by atoms with van der Waals surface area (Å²) in [5.41, 5.74) is 0.984. The van der Waals surface area contributed by atoms with E-state index in [4.69, 9.17) is 4.74 Å². The van der Waals surface area contributed by atoms with Crippen LogP contribution in [0.5, 0.6) is 0 Å². The molecule has 0 aliphatic rings. The van der Waals surface area contributed by atoms with Gasteiger partial charge >= 0.3 is 0 Å². The minimum atomic E-state index is -0.772. The second-order valence-corrected chi connectivity index (χ2v) is 6.80. The normalized spacial score (nSPS) is 16.1. The molecule has 0 saturated carbocycles. The van der Waals surface area contributed by atoms with Crippen molar-refractivity contribution < 1.29 is 8.95 Å². The van der Waals surface area contributed by atoms with Crippen molar-refractivity contribution in [1.29, 1.82) is 0 Å². The van der Waals surface area contributed by atoms with Crippen molar-refractivity contribution in [2.45, 2.75) is 45.0 Å². The molecular formula is C13H25N3O2S. The molecule has 1 aromatic heterocycles. The number of aryl methyl sites for hydroxylation is 2. The Balaban J connectivity index is 2.64. The monoisotopic (exact) mass is 287 g/mol. The van der Waals surface area contributed by atoms with E-state index in [1.807, 2.05) is 20.0 Å². The van der Waals surface area contributed by atoms with E-state index in [0.29, 0.717) is 6.61 Å². The molecule has 0 aliphatic carbocycles. The molecule has 3 atom stereocenters. The highest BCUT2D eigenvalue weighted by Gasteiger charge is 2.11. The Hall–Kier alpha value is -0.880. The van der Waals surface area contributed by atoms with Crippen molar-refractivity contribution in [2.75, 3.05) is 25.3 Å². The van der Waals surface area contributed by atoms with E-state index < -0.39 is 10.8 Å². The molecule has 0 aromatic carbocycles. The van der Waals surface area contributed by atoms with Crippen molar-refractivity contribution in [2.24, 2.45) is 0 Å². The van der Waals surface area contributed by atoms with Gasteiger partial charge in [-0.15, -0.1) is 0 Å². The fourth-order valence-corrected chi connectivity index (χ4v) is 2.27. The van der Waals surface area contributed by atoms with Gasteiger partial charge in [-0.1, -0.05) is 6.92 Å². The van der Waals surface area contributed by atoms with Crippen LogP contribution in [0.3, 0.4) is 0 Å². The lowest BCUT2D eigenvalue weighted by Gasteiger charge is -2.16. The highest BCUT2D eigenvalue weighted by Crippen LogP contribution is 2.12. The summed E-state index contributed by atoms with van der Waals surface area (Å²) < 4.78 is 18.6. The zero-order valence-electron chi connectivity index (χ0n) is 12.5. The standard InChI is InChI=1S/C13H25N3O2S/c1-10-8-16(7-6-12(3)19(5)17)13(14-10)15-11(2)9-18-4/h8,11-12H,6-7,9H2,1-5H3,(H,14,15). The zero-order valence-corrected chi connectivity index (χ0v) is 13.3. The van der Waals surface area contributed by atoms with Crippen LogP contribution >= 0.6 is 0 Å². The number of nitrogens with zero attached hydrogens (tertiary/aromatic N) is 2. The van der Waals surface area contributed by atoms with Crippen molar-refractivity contribution in [3.8, 4) is 0 Å². The molecule has 3 unspecified atom stereocenters. The zero-order chi connectivity index (χ0) is 14.4. The van der Waals surface area contributed by atoms with Gasteiger partial charge in [-0.2, -0.15) is 0 Å². The van der Waals surface area contributed by atoms with E-state index >= 15 is 0 Å². The van der Waals surface area contributed by atoms with E-state index in [1.165, 1.54) is 0 Å². The third-order valence-electron chi connectivity index (χ3n) is 3.03. The lowest BCUT2D eigenvalue weighted by Crippen LogP contribution is -2.23. The highest BCUT2D eigenvalue weighted by molar-refractivity contribution is 7.84. The fourth-order valence-electron chi connectivity index (χ4n) is 1.83. The molecule has 6 heteroatoms. The minimum Gasteiger partial charge on any atom is -0.383 e. The first kappa shape index (κ1) is 16.2. The number of hydrogen-bond acceptors (Lipinski definition) is 4. The summed E-state index contributed by atoms with van der Waals surface area (Å²) >= 11 is 0. The van der Waals surface area contributed by atoms with E-state index in [-0.39, 0.29) is 11.3 Å². The summed E-state index contributed by atoms with van der Waals surface area (Å²) in [5, 5.41) is 3.54. The predicted molar refractivity (Wildman–Crippen MR) is 80.1 cm³/mol. The summed E-state index contributed by atoms with van der Waals surface area (Å²) in [6.07, 6.45) is 4.66. The first-order valence-electron chi connectivity index (χ1n) is 6.55. The molecule has 0 aliphatic heterocycles. The number of aromatic nitrogens is 2. The van der Waals surface area contributed by atoms with Gasteiger partial charge in [0, 0.05) is 48.2 Å². The van der Waals surface area contributed by atoms with Gasteiger partial charge in [-0.3, -0.25) is 4.21 Å². The Morgan fingerprint density at radius 2 is 2.21 bits per heavy atom. The van der Waals surface area contributed by atoms with E-state index in [0.717, 1.165) is 24.6 Å². The van der Waals surface area contributed by atoms with Gasteiger partial charge in [-0.05, 0) is 20.3 Å². The van der Waals surface area contributed by atoms with Crippen LogP contribution in [-0.4, -0.2) is 45.0 Å². The molecule has 0 bridgehead atoms. The molecular weight excluding hydrogens is 262 g/mol. The van der Waals surface area contributed by atoms with Crippen molar-refractivity contribution in [3.63, 3.8) is 0 Å². The Morgan fingerprint density at radius 3 is 2.79 bits per heavy atom. The molecule has 5 nitrogen and oxygen atoms in total. The number of nitrogens with one attached hydrogen (secondary N) is 1. The van der Waals surface area contributed by atoms with E-state index in [9.17, 15) is 4.21 Å². The third kappa shape index (κ3) is 5.32. The molecule has 0 spiro atoms. The van der Waals surface area contributed by atoms with Gasteiger partial charge in [0.15, 0.2) is 0 Å². The first-order valence-corrected chi connectivity index (χ1v) is 8.17. The van der Waals surface area contributed by atoms with Crippen LogP contribution in [0.4, 0.5) is 5.95 Å². The number of methoxy groups -OCH3 is 1. The molecule has 1 rings (SSSR count). The van der Waals surface area contributed by atoms with Crippen molar-refractivity contribution >= 4 is 16.7 Å². The maximum Gasteiger partial charge on any atom is 0.203 e. The van der Waals surface area contributed by atoms with Crippen LogP contribution in [0.2, 0.25) is 0 Å². The molecule has 1 N–H and O–H groups in total. The molecule has 110 valence electrons. The van der Waals surface area contributed by atoms with E-state index in [1.54, 1.807) is 13.4 Å². The maximum absolute atomic E-state index is 11.4. The summed E-state index contributed by atoms with van der Waals surface area (Å²) in [6, 6.07) is 0.211. The number of ether oxygens (including phenoxy) is 1. The highest BCUT2D eigenvalue weighted by atomic mass is 32.2. The molecule has 1 aromatic rings. The van der Waals surface area contributed by atoms with Crippen LogP contribution in [-0.2, 0) is 22.1 Å². The summed E-state index contributed by atoms with van der Waals surface area (Å²) in [4.78, 5) is 4.48. The molecule has 0 saturated heterocycles. The number of rotatable bonds is 8. The maximum atomic E-state index is 11.4. The Morgan fingerprint density at radius 1 is 1.53 bits per heavy atom. The van der Waals surface area contributed by atoms with Crippen LogP contribution in [0.15, 0.2) is 6.20 Å². The fraction of sp³-hybridized carbons (Fsp3) is 0.769. The van der Waals surface area contributed by atoms with Crippen molar-refractivity contribution in [3.05, 3.63) is 11.9 Å². The minimum absolute atomic E-state index is 0.201. The Bertz CT molecular complexity index is 420. The lowest BCUT2D eigenvalue weighted by atomic mass is 10.3. The molecule has 0 amide bonds. The SMILES string of the molecule is COCC(C)Nc1nc(C)cn1CCC(C)S(C)=O. The van der Waals surface area contributed by atoms with Crippen LogP contribution in [0.1, 0.15) is 26.0 Å². The predicted octanol–water partition coefficient (Wildman–Crippen LogP) is 1.80. The first-order chi connectivity index (χ1) is 8.93. The van der Waals surface area contributed by atoms with Crippen LogP contribution in [0.25, 0.3) is 0 Å². The quantitative estimate of drug-likeness (QED) is 0.792.